The molecule has 2 aliphatic rings. The number of carbonyl (C=O) groups excluding carboxylic acids is 1. The van der Waals surface area contributed by atoms with E-state index < -0.39 is 10.0 Å². The molecule has 1 aromatic heterocycles. The lowest BCUT2D eigenvalue weighted by atomic mass is 10.2. The number of aromatic nitrogens is 1. The van der Waals surface area contributed by atoms with E-state index in [1.54, 1.807) is 22.3 Å². The number of nitrogens with zero attached hydrogens (tertiary/aromatic N) is 5. The largest absolute Gasteiger partial charge is 0.346 e. The maximum absolute atomic E-state index is 13.1. The van der Waals surface area contributed by atoms with E-state index in [-0.39, 0.29) is 5.91 Å². The first-order valence-corrected chi connectivity index (χ1v) is 12.9. The number of aryl methyl sites for hydroxylation is 2. The van der Waals surface area contributed by atoms with Gasteiger partial charge in [-0.2, -0.15) is 4.31 Å². The minimum Gasteiger partial charge on any atom is -0.346 e. The molecular weight excluding hydrogens is 434 g/mol. The van der Waals surface area contributed by atoms with E-state index in [1.807, 2.05) is 37.6 Å². The molecule has 8 nitrogen and oxygen atoms in total. The number of hydrogen-bond acceptors (Lipinski definition) is 7. The number of amides is 1. The van der Waals surface area contributed by atoms with Crippen LogP contribution < -0.4 is 4.90 Å². The minimum atomic E-state index is -3.54. The normalized spacial score (nSPS) is 19.0. The lowest BCUT2D eigenvalue weighted by Gasteiger charge is -2.37. The van der Waals surface area contributed by atoms with Crippen molar-refractivity contribution in [1.29, 1.82) is 0 Å². The third kappa shape index (κ3) is 4.92. The van der Waals surface area contributed by atoms with Gasteiger partial charge >= 0.3 is 0 Å². The third-order valence-corrected chi connectivity index (χ3v) is 8.85. The maximum Gasteiger partial charge on any atom is 0.243 e. The summed E-state index contributed by atoms with van der Waals surface area (Å²) in [5.41, 5.74) is 1.67. The van der Waals surface area contributed by atoms with E-state index in [1.165, 1.54) is 4.31 Å². The molecule has 1 amide bonds. The summed E-state index contributed by atoms with van der Waals surface area (Å²) in [6.07, 6.45) is 1.82. The van der Waals surface area contributed by atoms with Gasteiger partial charge in [0.05, 0.1) is 11.4 Å². The SMILES string of the molecule is Cc1ccc(C)c(S(=O)(=O)N2CCN(C(=O)CN3CCN(c4nccs4)CC3)CC2)c1. The second-order valence-electron chi connectivity index (χ2n) is 8.13. The second kappa shape index (κ2) is 9.23. The summed E-state index contributed by atoms with van der Waals surface area (Å²) in [4.78, 5) is 23.7. The fourth-order valence-corrected chi connectivity index (χ4v) is 6.49. The number of carbonyl (C=O) groups is 1. The van der Waals surface area contributed by atoms with Crippen LogP contribution in [0.25, 0.3) is 0 Å². The van der Waals surface area contributed by atoms with Crippen molar-refractivity contribution in [2.45, 2.75) is 18.7 Å². The number of piperazine rings is 2. The highest BCUT2D eigenvalue weighted by atomic mass is 32.2. The quantitative estimate of drug-likeness (QED) is 0.668. The Morgan fingerprint density at radius 1 is 1.03 bits per heavy atom. The predicted octanol–water partition coefficient (Wildman–Crippen LogP) is 1.42. The van der Waals surface area contributed by atoms with Gasteiger partial charge < -0.3 is 9.80 Å². The van der Waals surface area contributed by atoms with E-state index in [4.69, 9.17) is 0 Å². The Bertz CT molecular complexity index is 1010. The topological polar surface area (TPSA) is 77.1 Å². The van der Waals surface area contributed by atoms with Crippen LogP contribution in [0.5, 0.6) is 0 Å². The van der Waals surface area contributed by atoms with Gasteiger partial charge in [0.1, 0.15) is 0 Å². The Balaban J connectivity index is 1.29. The molecule has 168 valence electrons. The Labute approximate surface area is 188 Å². The number of anilines is 1. The van der Waals surface area contributed by atoms with Crippen LogP contribution >= 0.6 is 11.3 Å². The summed E-state index contributed by atoms with van der Waals surface area (Å²) in [6.45, 7) is 9.01. The van der Waals surface area contributed by atoms with Crippen LogP contribution in [0.2, 0.25) is 0 Å². The Kier molecular flexibility index (Phi) is 6.61. The summed E-state index contributed by atoms with van der Waals surface area (Å²) in [6, 6.07) is 5.49. The Morgan fingerprint density at radius 3 is 2.39 bits per heavy atom. The van der Waals surface area contributed by atoms with Crippen molar-refractivity contribution >= 4 is 32.4 Å². The maximum atomic E-state index is 13.1. The lowest BCUT2D eigenvalue weighted by molar-refractivity contribution is -0.133. The first kappa shape index (κ1) is 22.2. The van der Waals surface area contributed by atoms with Crippen molar-refractivity contribution in [3.63, 3.8) is 0 Å². The number of hydrogen-bond donors (Lipinski definition) is 0. The molecule has 2 saturated heterocycles. The van der Waals surface area contributed by atoms with E-state index in [9.17, 15) is 13.2 Å². The van der Waals surface area contributed by atoms with E-state index in [0.717, 1.165) is 42.4 Å². The van der Waals surface area contributed by atoms with Crippen LogP contribution in [0.1, 0.15) is 11.1 Å². The molecule has 0 bridgehead atoms. The van der Waals surface area contributed by atoms with Gasteiger partial charge in [-0.15, -0.1) is 11.3 Å². The summed E-state index contributed by atoms with van der Waals surface area (Å²) in [5.74, 6) is 0.0754. The average molecular weight is 464 g/mol. The molecule has 0 unspecified atom stereocenters. The molecule has 0 aliphatic carbocycles. The van der Waals surface area contributed by atoms with Crippen LogP contribution in [0.4, 0.5) is 5.13 Å². The fraction of sp³-hybridized carbons (Fsp3) is 0.524. The van der Waals surface area contributed by atoms with Crippen LogP contribution in [-0.4, -0.2) is 92.3 Å². The molecule has 0 atom stereocenters. The van der Waals surface area contributed by atoms with Gasteiger partial charge in [-0.1, -0.05) is 12.1 Å². The van der Waals surface area contributed by atoms with Crippen molar-refractivity contribution in [1.82, 2.24) is 19.1 Å². The van der Waals surface area contributed by atoms with Crippen molar-refractivity contribution in [2.24, 2.45) is 0 Å². The summed E-state index contributed by atoms with van der Waals surface area (Å²) >= 11 is 1.64. The number of rotatable bonds is 5. The van der Waals surface area contributed by atoms with E-state index >= 15 is 0 Å². The lowest BCUT2D eigenvalue weighted by Crippen LogP contribution is -2.54. The van der Waals surface area contributed by atoms with Gasteiger partial charge in [0.25, 0.3) is 0 Å². The van der Waals surface area contributed by atoms with Gasteiger partial charge in [0, 0.05) is 63.9 Å². The second-order valence-corrected chi connectivity index (χ2v) is 10.9. The molecule has 0 radical (unpaired) electrons. The number of benzene rings is 1. The van der Waals surface area contributed by atoms with Crippen LogP contribution in [0, 0.1) is 13.8 Å². The van der Waals surface area contributed by atoms with Gasteiger partial charge in [-0.25, -0.2) is 13.4 Å². The zero-order valence-corrected chi connectivity index (χ0v) is 19.7. The standard InChI is InChI=1S/C21H29N5O3S2/c1-17-3-4-18(2)19(15-17)31(28,29)26-12-10-24(11-13-26)20(27)16-23-6-8-25(9-7-23)21-22-5-14-30-21/h3-5,14-15H,6-13,16H2,1-2H3. The van der Waals surface area contributed by atoms with Crippen molar-refractivity contribution < 1.29 is 13.2 Å². The highest BCUT2D eigenvalue weighted by Crippen LogP contribution is 2.23. The molecule has 31 heavy (non-hydrogen) atoms. The summed E-state index contributed by atoms with van der Waals surface area (Å²) in [7, 11) is -3.54. The van der Waals surface area contributed by atoms with Crippen LogP contribution in [-0.2, 0) is 14.8 Å². The van der Waals surface area contributed by atoms with Crippen LogP contribution in [0.15, 0.2) is 34.7 Å². The average Bonchev–Trinajstić information content (AvgIpc) is 3.31. The summed E-state index contributed by atoms with van der Waals surface area (Å²) < 4.78 is 27.7. The predicted molar refractivity (Wildman–Crippen MR) is 122 cm³/mol. The highest BCUT2D eigenvalue weighted by Gasteiger charge is 2.32. The highest BCUT2D eigenvalue weighted by molar-refractivity contribution is 7.89. The molecule has 4 rings (SSSR count). The van der Waals surface area contributed by atoms with Gasteiger partial charge in [-0.05, 0) is 31.0 Å². The smallest absolute Gasteiger partial charge is 0.243 e. The fourth-order valence-electron chi connectivity index (χ4n) is 4.06. The Morgan fingerprint density at radius 2 is 1.74 bits per heavy atom. The molecule has 1 aromatic carbocycles. The molecule has 10 heteroatoms. The molecule has 0 saturated carbocycles. The van der Waals surface area contributed by atoms with Crippen molar-refractivity contribution in [3.8, 4) is 0 Å². The van der Waals surface area contributed by atoms with Crippen molar-refractivity contribution in [2.75, 3.05) is 63.8 Å². The molecule has 2 aromatic rings. The zero-order chi connectivity index (χ0) is 22.0. The third-order valence-electron chi connectivity index (χ3n) is 5.97. The number of thiazole rings is 1. The first-order valence-electron chi connectivity index (χ1n) is 10.6. The summed E-state index contributed by atoms with van der Waals surface area (Å²) in [5, 5.41) is 3.01. The van der Waals surface area contributed by atoms with E-state index in [2.05, 4.69) is 14.8 Å². The molecule has 3 heterocycles. The molecule has 0 spiro atoms. The molecule has 0 N–H and O–H groups in total. The van der Waals surface area contributed by atoms with Crippen molar-refractivity contribution in [3.05, 3.63) is 40.9 Å². The van der Waals surface area contributed by atoms with Crippen LogP contribution in [0.3, 0.4) is 0 Å². The number of sulfonamides is 1. The zero-order valence-electron chi connectivity index (χ0n) is 18.0. The monoisotopic (exact) mass is 463 g/mol. The molecule has 2 aliphatic heterocycles. The Hall–Kier alpha value is -2.01. The minimum absolute atomic E-state index is 0.0754. The first-order chi connectivity index (χ1) is 14.8. The van der Waals surface area contributed by atoms with Gasteiger partial charge in [0.15, 0.2) is 5.13 Å². The van der Waals surface area contributed by atoms with E-state index in [0.29, 0.717) is 37.6 Å². The van der Waals surface area contributed by atoms with Gasteiger partial charge in [0.2, 0.25) is 15.9 Å². The molecular formula is C21H29N5O3S2. The molecule has 2 fully saturated rings. The van der Waals surface area contributed by atoms with Gasteiger partial charge in [-0.3, -0.25) is 9.69 Å².